The van der Waals surface area contributed by atoms with Crippen LogP contribution in [-0.4, -0.2) is 17.7 Å². The molecule has 0 unspecified atom stereocenters. The maximum absolute atomic E-state index is 9.45. The molecule has 1 amide bonds. The van der Waals surface area contributed by atoms with Crippen LogP contribution in [0.3, 0.4) is 0 Å². The molecule has 0 saturated heterocycles. The van der Waals surface area contributed by atoms with Gasteiger partial charge >= 0.3 is 6.09 Å². The molecule has 0 saturated carbocycles. The molecule has 0 bridgehead atoms. The lowest BCUT2D eigenvalue weighted by molar-refractivity contribution is 0.195. The fraction of sp³-hybridized carbons (Fsp3) is 0.333. The average molecular weight is 88.1 g/mol. The predicted octanol–water partition coefficient (Wildman–Crippen LogP) is 0.0881. The van der Waals surface area contributed by atoms with Crippen molar-refractivity contribution in [2.24, 2.45) is 0 Å². The number of carbonyl (C=O) groups is 1. The normalized spacial score (nSPS) is 7.50. The first-order valence-corrected chi connectivity index (χ1v) is 1.53. The van der Waals surface area contributed by atoms with Gasteiger partial charge in [-0.25, -0.2) is 4.79 Å². The van der Waals surface area contributed by atoms with Gasteiger partial charge in [-0.05, 0) is 6.92 Å². The summed E-state index contributed by atoms with van der Waals surface area (Å²) in [6.07, 6.45) is -1.02. The molecule has 0 heterocycles. The van der Waals surface area contributed by atoms with E-state index in [0.29, 0.717) is 0 Å². The van der Waals surface area contributed by atoms with E-state index >= 15 is 0 Å². The fourth-order valence-electron chi connectivity index (χ4n) is 0.107. The summed E-state index contributed by atoms with van der Waals surface area (Å²) >= 11 is 0. The van der Waals surface area contributed by atoms with Crippen molar-refractivity contribution in [3.63, 3.8) is 0 Å². The van der Waals surface area contributed by atoms with Crippen LogP contribution >= 0.6 is 0 Å². The summed E-state index contributed by atoms with van der Waals surface area (Å²) in [6, 6.07) is 0. The summed E-state index contributed by atoms with van der Waals surface area (Å²) in [5.41, 5.74) is 0. The molecule has 1 radical (unpaired) electrons. The smallest absolute Gasteiger partial charge is 0.404 e. The van der Waals surface area contributed by atoms with Crippen LogP contribution < -0.4 is 5.32 Å². The van der Waals surface area contributed by atoms with Gasteiger partial charge < -0.3 is 10.4 Å². The van der Waals surface area contributed by atoms with Gasteiger partial charge in [-0.15, -0.1) is 0 Å². The highest BCUT2D eigenvalue weighted by Crippen LogP contribution is 1.53. The summed E-state index contributed by atoms with van der Waals surface area (Å²) in [4.78, 5) is 9.45. The molecule has 2 N–H and O–H groups in total. The maximum atomic E-state index is 9.45. The van der Waals surface area contributed by atoms with Crippen molar-refractivity contribution in [2.75, 3.05) is 6.54 Å². The standard InChI is InChI=1S/C3H6NO2/c1-2-4-3(5)6/h4H,1-2H2,(H,5,6). The predicted molar refractivity (Wildman–Crippen MR) is 21.4 cm³/mol. The minimum atomic E-state index is -1.02. The Labute approximate surface area is 36.0 Å². The first-order chi connectivity index (χ1) is 2.77. The van der Waals surface area contributed by atoms with Crippen molar-refractivity contribution in [3.05, 3.63) is 6.92 Å². The largest absolute Gasteiger partial charge is 0.465 e. The van der Waals surface area contributed by atoms with Crippen molar-refractivity contribution in [1.82, 2.24) is 5.32 Å². The van der Waals surface area contributed by atoms with Crippen molar-refractivity contribution in [3.8, 4) is 0 Å². The zero-order chi connectivity index (χ0) is 4.99. The summed E-state index contributed by atoms with van der Waals surface area (Å²) in [5.74, 6) is 0. The van der Waals surface area contributed by atoms with Crippen LogP contribution in [0, 0.1) is 6.92 Å². The third-order valence-corrected chi connectivity index (χ3v) is 0.276. The van der Waals surface area contributed by atoms with Gasteiger partial charge in [-0.3, -0.25) is 0 Å². The minimum Gasteiger partial charge on any atom is -0.465 e. The van der Waals surface area contributed by atoms with Gasteiger partial charge in [0.2, 0.25) is 0 Å². The van der Waals surface area contributed by atoms with Crippen LogP contribution in [-0.2, 0) is 0 Å². The Morgan fingerprint density at radius 1 is 2.00 bits per heavy atom. The van der Waals surface area contributed by atoms with Crippen molar-refractivity contribution < 1.29 is 9.90 Å². The van der Waals surface area contributed by atoms with Gasteiger partial charge in [0.15, 0.2) is 0 Å². The number of nitrogens with one attached hydrogen (secondary N) is 1. The van der Waals surface area contributed by atoms with E-state index in [1.54, 1.807) is 0 Å². The van der Waals surface area contributed by atoms with Gasteiger partial charge in [-0.1, -0.05) is 0 Å². The zero-order valence-electron chi connectivity index (χ0n) is 3.27. The average Bonchev–Trinajstić information content (AvgIpc) is 1.35. The van der Waals surface area contributed by atoms with Crippen LogP contribution in [0.25, 0.3) is 0 Å². The van der Waals surface area contributed by atoms with Gasteiger partial charge in [0.25, 0.3) is 0 Å². The SMILES string of the molecule is [CH2]CNC(=O)O. The summed E-state index contributed by atoms with van der Waals surface area (Å²) in [7, 11) is 0. The highest BCUT2D eigenvalue weighted by molar-refractivity contribution is 5.64. The Bertz CT molecular complexity index is 52.8. The molecule has 0 aromatic rings. The van der Waals surface area contributed by atoms with Gasteiger partial charge in [0.1, 0.15) is 0 Å². The second-order valence-corrected chi connectivity index (χ2v) is 0.732. The summed E-state index contributed by atoms with van der Waals surface area (Å²) < 4.78 is 0. The van der Waals surface area contributed by atoms with Crippen molar-refractivity contribution in [2.45, 2.75) is 0 Å². The van der Waals surface area contributed by atoms with E-state index in [-0.39, 0.29) is 6.54 Å². The fourth-order valence-corrected chi connectivity index (χ4v) is 0.107. The van der Waals surface area contributed by atoms with Crippen LogP contribution in [0.15, 0.2) is 0 Å². The number of hydrogen-bond donors (Lipinski definition) is 2. The molecule has 0 atom stereocenters. The quantitative estimate of drug-likeness (QED) is 0.477. The third kappa shape index (κ3) is 3.27. The van der Waals surface area contributed by atoms with Crippen molar-refractivity contribution in [1.29, 1.82) is 0 Å². The van der Waals surface area contributed by atoms with Gasteiger partial charge in [0.05, 0.1) is 0 Å². The van der Waals surface area contributed by atoms with E-state index in [1.807, 2.05) is 5.32 Å². The maximum Gasteiger partial charge on any atom is 0.404 e. The highest BCUT2D eigenvalue weighted by atomic mass is 16.4. The topological polar surface area (TPSA) is 49.3 Å². The molecular formula is C3H6NO2. The zero-order valence-corrected chi connectivity index (χ0v) is 3.27. The molecule has 35 valence electrons. The second kappa shape index (κ2) is 2.50. The van der Waals surface area contributed by atoms with Gasteiger partial charge in [0, 0.05) is 6.54 Å². The molecule has 0 aliphatic rings. The molecule has 0 aromatic carbocycles. The minimum absolute atomic E-state index is 0.231. The molecule has 6 heavy (non-hydrogen) atoms. The lowest BCUT2D eigenvalue weighted by Crippen LogP contribution is -2.19. The van der Waals surface area contributed by atoms with Crippen LogP contribution in [0.5, 0.6) is 0 Å². The number of amides is 1. The van der Waals surface area contributed by atoms with E-state index < -0.39 is 6.09 Å². The lowest BCUT2D eigenvalue weighted by Gasteiger charge is -1.87. The van der Waals surface area contributed by atoms with Crippen molar-refractivity contribution >= 4 is 6.09 Å². The number of carboxylic acid groups (broad SMARTS) is 1. The lowest BCUT2D eigenvalue weighted by atomic mass is 10.8. The highest BCUT2D eigenvalue weighted by Gasteiger charge is 1.83. The Balaban J connectivity index is 2.83. The number of rotatable bonds is 1. The summed E-state index contributed by atoms with van der Waals surface area (Å²) in [6.45, 7) is 3.47. The van der Waals surface area contributed by atoms with E-state index in [9.17, 15) is 4.79 Å². The van der Waals surface area contributed by atoms with E-state index in [2.05, 4.69) is 6.92 Å². The molecule has 3 nitrogen and oxygen atoms in total. The molecule has 0 aliphatic heterocycles. The Hall–Kier alpha value is -0.730. The van der Waals surface area contributed by atoms with E-state index in [1.165, 1.54) is 0 Å². The molecule has 0 fully saturated rings. The van der Waals surface area contributed by atoms with Crippen LogP contribution in [0.1, 0.15) is 0 Å². The molecule has 3 heteroatoms. The van der Waals surface area contributed by atoms with Gasteiger partial charge in [-0.2, -0.15) is 0 Å². The number of hydrogen-bond acceptors (Lipinski definition) is 1. The molecular weight excluding hydrogens is 82.0 g/mol. The van der Waals surface area contributed by atoms with Crippen LogP contribution in [0.4, 0.5) is 4.79 Å². The molecule has 0 aliphatic carbocycles. The summed E-state index contributed by atoms with van der Waals surface area (Å²) in [5, 5.41) is 9.78. The second-order valence-electron chi connectivity index (χ2n) is 0.732. The molecule has 0 aromatic heterocycles. The Morgan fingerprint density at radius 3 is 2.50 bits per heavy atom. The monoisotopic (exact) mass is 88.0 g/mol. The first-order valence-electron chi connectivity index (χ1n) is 1.53. The third-order valence-electron chi connectivity index (χ3n) is 0.276. The first kappa shape index (κ1) is 5.27. The Kier molecular flexibility index (Phi) is 2.20. The molecule has 0 rings (SSSR count). The Morgan fingerprint density at radius 2 is 2.50 bits per heavy atom. The van der Waals surface area contributed by atoms with E-state index in [0.717, 1.165) is 0 Å². The van der Waals surface area contributed by atoms with Crippen LogP contribution in [0.2, 0.25) is 0 Å². The molecule has 0 spiro atoms. The van der Waals surface area contributed by atoms with E-state index in [4.69, 9.17) is 5.11 Å².